The van der Waals surface area contributed by atoms with Crippen molar-refractivity contribution < 1.29 is 0 Å². The zero-order valence-electron chi connectivity index (χ0n) is 18.7. The van der Waals surface area contributed by atoms with Crippen LogP contribution in [0.15, 0.2) is 102 Å². The van der Waals surface area contributed by atoms with Crippen LogP contribution in [0.3, 0.4) is 0 Å². The maximum absolute atomic E-state index is 2.39. The lowest BCUT2D eigenvalue weighted by Crippen LogP contribution is -2.29. The third-order valence-corrected chi connectivity index (χ3v) is 6.24. The lowest BCUT2D eigenvalue weighted by molar-refractivity contribution is 0.763. The molecule has 0 heteroatoms. The summed E-state index contributed by atoms with van der Waals surface area (Å²) in [6.07, 6.45) is 8.93. The molecular formula is C30H30. The van der Waals surface area contributed by atoms with Crippen LogP contribution >= 0.6 is 0 Å². The molecule has 1 aliphatic carbocycles. The van der Waals surface area contributed by atoms with Crippen molar-refractivity contribution in [1.29, 1.82) is 0 Å². The van der Waals surface area contributed by atoms with Crippen LogP contribution in [0.2, 0.25) is 0 Å². The maximum atomic E-state index is 2.39. The largest absolute Gasteiger partial charge is 0.0877 e. The average Bonchev–Trinajstić information content (AvgIpc) is 3.04. The predicted octanol–water partition coefficient (Wildman–Crippen LogP) is 8.09. The molecule has 0 saturated carbocycles. The number of rotatable bonds is 4. The first-order valence-corrected chi connectivity index (χ1v) is 10.8. The van der Waals surface area contributed by atoms with Crippen LogP contribution < -0.4 is 0 Å². The molecule has 0 nitrogen and oxygen atoms in total. The Kier molecular flexibility index (Phi) is 5.35. The van der Waals surface area contributed by atoms with Crippen molar-refractivity contribution in [2.75, 3.05) is 0 Å². The zero-order chi connectivity index (χ0) is 21.3. The molecular weight excluding hydrogens is 360 g/mol. The van der Waals surface area contributed by atoms with E-state index in [2.05, 4.69) is 126 Å². The van der Waals surface area contributed by atoms with Gasteiger partial charge in [-0.1, -0.05) is 96.6 Å². The Bertz CT molecular complexity index is 1130. The Morgan fingerprint density at radius 1 is 0.767 bits per heavy atom. The molecule has 4 rings (SSSR count). The Hall–Kier alpha value is -3.12. The van der Waals surface area contributed by atoms with Crippen LogP contribution in [0.25, 0.3) is 11.1 Å². The monoisotopic (exact) mass is 390 g/mol. The lowest BCUT2D eigenvalue weighted by atomic mass is 9.66. The molecule has 30 heavy (non-hydrogen) atoms. The summed E-state index contributed by atoms with van der Waals surface area (Å²) < 4.78 is 0. The van der Waals surface area contributed by atoms with Gasteiger partial charge in [0.25, 0.3) is 0 Å². The van der Waals surface area contributed by atoms with Crippen molar-refractivity contribution in [3.8, 4) is 11.1 Å². The van der Waals surface area contributed by atoms with Gasteiger partial charge >= 0.3 is 0 Å². The van der Waals surface area contributed by atoms with Gasteiger partial charge in [-0.3, -0.25) is 0 Å². The van der Waals surface area contributed by atoms with Crippen LogP contribution in [-0.2, 0) is 5.41 Å². The highest BCUT2D eigenvalue weighted by atomic mass is 14.5. The Morgan fingerprint density at radius 3 is 1.90 bits per heavy atom. The van der Waals surface area contributed by atoms with Crippen molar-refractivity contribution in [2.24, 2.45) is 0 Å². The minimum Gasteiger partial charge on any atom is -0.0877 e. The van der Waals surface area contributed by atoms with E-state index in [4.69, 9.17) is 0 Å². The van der Waals surface area contributed by atoms with E-state index in [1.165, 1.54) is 50.1 Å². The van der Waals surface area contributed by atoms with Gasteiger partial charge < -0.3 is 0 Å². The summed E-state index contributed by atoms with van der Waals surface area (Å²) in [5, 5.41) is 0. The van der Waals surface area contributed by atoms with Gasteiger partial charge in [-0.25, -0.2) is 0 Å². The molecule has 0 fully saturated rings. The van der Waals surface area contributed by atoms with E-state index in [0.717, 1.165) is 0 Å². The normalized spacial score (nSPS) is 14.5. The summed E-state index contributed by atoms with van der Waals surface area (Å²) >= 11 is 0. The molecule has 0 radical (unpaired) electrons. The summed E-state index contributed by atoms with van der Waals surface area (Å²) in [6.45, 7) is 10.9. The van der Waals surface area contributed by atoms with E-state index in [1.807, 2.05) is 0 Å². The highest BCUT2D eigenvalue weighted by Crippen LogP contribution is 2.56. The van der Waals surface area contributed by atoms with Gasteiger partial charge in [0.1, 0.15) is 0 Å². The number of allylic oxidation sites excluding steroid dienone is 6. The fourth-order valence-electron chi connectivity index (χ4n) is 4.79. The summed E-state index contributed by atoms with van der Waals surface area (Å²) in [4.78, 5) is 0. The highest BCUT2D eigenvalue weighted by molar-refractivity contribution is 5.86. The van der Waals surface area contributed by atoms with Crippen molar-refractivity contribution >= 4 is 0 Å². The Labute approximate surface area is 181 Å². The summed E-state index contributed by atoms with van der Waals surface area (Å²) in [7, 11) is 0. The smallest absolute Gasteiger partial charge is 0.0713 e. The molecule has 0 unspecified atom stereocenters. The van der Waals surface area contributed by atoms with E-state index >= 15 is 0 Å². The van der Waals surface area contributed by atoms with E-state index < -0.39 is 0 Å². The van der Waals surface area contributed by atoms with E-state index in [-0.39, 0.29) is 5.41 Å². The van der Waals surface area contributed by atoms with Gasteiger partial charge in [-0.15, -0.1) is 0 Å². The fraction of sp³-hybridized carbons (Fsp3) is 0.200. The van der Waals surface area contributed by atoms with E-state index in [9.17, 15) is 0 Å². The quantitative estimate of drug-likeness (QED) is 0.395. The molecule has 0 heterocycles. The first-order valence-electron chi connectivity index (χ1n) is 10.8. The van der Waals surface area contributed by atoms with Gasteiger partial charge in [-0.2, -0.15) is 0 Å². The molecule has 0 spiro atoms. The topological polar surface area (TPSA) is 0 Å². The molecule has 150 valence electrons. The van der Waals surface area contributed by atoms with Crippen molar-refractivity contribution in [3.05, 3.63) is 130 Å². The molecule has 0 aromatic heterocycles. The second-order valence-electron chi connectivity index (χ2n) is 8.51. The van der Waals surface area contributed by atoms with Crippen molar-refractivity contribution in [3.63, 3.8) is 0 Å². The third-order valence-electron chi connectivity index (χ3n) is 6.24. The number of aryl methyl sites for hydroxylation is 2. The Balaban J connectivity index is 2.20. The zero-order valence-corrected chi connectivity index (χ0v) is 18.7. The summed E-state index contributed by atoms with van der Waals surface area (Å²) in [5.74, 6) is 0. The van der Waals surface area contributed by atoms with Crippen LogP contribution in [0.5, 0.6) is 0 Å². The minimum atomic E-state index is -0.331. The standard InChI is InChI=1S/C30H30/c1-6-7-12-24(19-21(2)3)30(25-18-17-22(4)23(5)20-25)28-15-10-8-13-26(28)27-14-9-11-16-29(27)30/h6-20H,1-5H3/b7-6+,24-12+. The van der Waals surface area contributed by atoms with Crippen LogP contribution in [0.1, 0.15) is 48.6 Å². The van der Waals surface area contributed by atoms with Crippen LogP contribution in [0.4, 0.5) is 0 Å². The third kappa shape index (κ3) is 3.08. The van der Waals surface area contributed by atoms with Gasteiger partial charge in [0.2, 0.25) is 0 Å². The van der Waals surface area contributed by atoms with Crippen LogP contribution in [-0.4, -0.2) is 0 Å². The predicted molar refractivity (Wildman–Crippen MR) is 130 cm³/mol. The molecule has 1 aliphatic rings. The van der Waals surface area contributed by atoms with Crippen molar-refractivity contribution in [2.45, 2.75) is 40.0 Å². The molecule has 0 saturated heterocycles. The first-order chi connectivity index (χ1) is 14.5. The first kappa shape index (κ1) is 20.2. The second-order valence-corrected chi connectivity index (χ2v) is 8.51. The Morgan fingerprint density at radius 2 is 1.37 bits per heavy atom. The molecule has 0 amide bonds. The van der Waals surface area contributed by atoms with E-state index in [0.29, 0.717) is 0 Å². The van der Waals surface area contributed by atoms with Crippen molar-refractivity contribution in [1.82, 2.24) is 0 Å². The summed E-state index contributed by atoms with van der Waals surface area (Å²) in [5.41, 5.74) is 11.7. The molecule has 0 bridgehead atoms. The minimum absolute atomic E-state index is 0.331. The number of hydrogen-bond donors (Lipinski definition) is 0. The van der Waals surface area contributed by atoms with E-state index in [1.54, 1.807) is 0 Å². The second kappa shape index (κ2) is 7.95. The van der Waals surface area contributed by atoms with Gasteiger partial charge in [0.05, 0.1) is 5.41 Å². The highest BCUT2D eigenvalue weighted by Gasteiger charge is 2.46. The van der Waals surface area contributed by atoms with Gasteiger partial charge in [0.15, 0.2) is 0 Å². The summed E-state index contributed by atoms with van der Waals surface area (Å²) in [6, 6.07) is 24.8. The molecule has 0 N–H and O–H groups in total. The van der Waals surface area contributed by atoms with Gasteiger partial charge in [-0.05, 0) is 79.1 Å². The van der Waals surface area contributed by atoms with Crippen LogP contribution in [0, 0.1) is 13.8 Å². The number of fused-ring (bicyclic) bond motifs is 3. The lowest BCUT2D eigenvalue weighted by Gasteiger charge is -2.35. The molecule has 3 aromatic carbocycles. The average molecular weight is 391 g/mol. The molecule has 0 aliphatic heterocycles. The number of benzene rings is 3. The SMILES string of the molecule is C/C=C/C=C(\C=C(C)C)C1(c2ccc(C)c(C)c2)c2ccccc2-c2ccccc21. The maximum Gasteiger partial charge on any atom is 0.0713 e. The van der Waals surface area contributed by atoms with Gasteiger partial charge in [0, 0.05) is 0 Å². The molecule has 0 atom stereocenters. The molecule has 3 aromatic rings. The fourth-order valence-corrected chi connectivity index (χ4v) is 4.79. The number of hydrogen-bond acceptors (Lipinski definition) is 0.